The molecule has 4 rings (SSSR count). The maximum absolute atomic E-state index is 12.1. The van der Waals surface area contributed by atoms with E-state index in [0.29, 0.717) is 30.0 Å². The van der Waals surface area contributed by atoms with E-state index >= 15 is 0 Å². The summed E-state index contributed by atoms with van der Waals surface area (Å²) >= 11 is 0. The number of carbonyl (C=O) groups is 1. The van der Waals surface area contributed by atoms with Gasteiger partial charge in [-0.1, -0.05) is 19.1 Å². The van der Waals surface area contributed by atoms with Gasteiger partial charge in [-0.25, -0.2) is 4.79 Å². The fourth-order valence-electron chi connectivity index (χ4n) is 4.63. The molecule has 1 unspecified atom stereocenters. The Hall–Kier alpha value is -2.60. The van der Waals surface area contributed by atoms with E-state index in [9.17, 15) is 9.59 Å². The van der Waals surface area contributed by atoms with Gasteiger partial charge in [0.2, 0.25) is 0 Å². The van der Waals surface area contributed by atoms with Crippen molar-refractivity contribution in [3.63, 3.8) is 0 Å². The minimum Gasteiger partial charge on any atom is -0.477 e. The van der Waals surface area contributed by atoms with E-state index in [4.69, 9.17) is 10.8 Å². The predicted molar refractivity (Wildman–Crippen MR) is 105 cm³/mol. The van der Waals surface area contributed by atoms with E-state index < -0.39 is 11.5 Å². The monoisotopic (exact) mass is 367 g/mol. The highest BCUT2D eigenvalue weighted by Gasteiger charge is 2.40. The largest absolute Gasteiger partial charge is 0.477 e. The molecule has 27 heavy (non-hydrogen) atoms. The van der Waals surface area contributed by atoms with Gasteiger partial charge >= 0.3 is 5.97 Å². The molecule has 6 nitrogen and oxygen atoms in total. The van der Waals surface area contributed by atoms with Gasteiger partial charge in [0.05, 0.1) is 5.69 Å². The molecule has 2 heterocycles. The number of rotatable bonds is 4. The summed E-state index contributed by atoms with van der Waals surface area (Å²) in [6.07, 6.45) is 3.00. The second-order valence-corrected chi connectivity index (χ2v) is 7.69. The maximum Gasteiger partial charge on any atom is 0.341 e. The highest BCUT2D eigenvalue weighted by atomic mass is 16.4. The lowest BCUT2D eigenvalue weighted by Gasteiger charge is -2.21. The molecule has 0 radical (unpaired) electrons. The van der Waals surface area contributed by atoms with Crippen molar-refractivity contribution in [1.29, 1.82) is 0 Å². The summed E-state index contributed by atoms with van der Waals surface area (Å²) in [6.45, 7) is 4.01. The minimum atomic E-state index is -1.20. The zero-order valence-electron chi connectivity index (χ0n) is 15.4. The number of carboxylic acid groups (broad SMARTS) is 1. The van der Waals surface area contributed by atoms with Crippen LogP contribution in [0.15, 0.2) is 35.1 Å². The summed E-state index contributed by atoms with van der Waals surface area (Å²) in [5.41, 5.74) is 9.03. The van der Waals surface area contributed by atoms with Crippen molar-refractivity contribution in [3.05, 3.63) is 51.8 Å². The predicted octanol–water partition coefficient (Wildman–Crippen LogP) is 2.48. The number of hydrogen-bond acceptors (Lipinski definition) is 4. The number of aromatic carboxylic acids is 1. The van der Waals surface area contributed by atoms with Crippen LogP contribution in [0.3, 0.4) is 0 Å². The molecule has 2 aliphatic rings. The van der Waals surface area contributed by atoms with Crippen LogP contribution in [-0.4, -0.2) is 35.2 Å². The minimum absolute atomic E-state index is 0.216. The zero-order chi connectivity index (χ0) is 19.1. The summed E-state index contributed by atoms with van der Waals surface area (Å²) in [6, 6.07) is 9.94. The normalized spacial score (nSPS) is 24.2. The quantitative estimate of drug-likeness (QED) is 0.771. The number of nitrogens with one attached hydrogen (secondary N) is 1. The van der Waals surface area contributed by atoms with Crippen molar-refractivity contribution in [2.45, 2.75) is 32.2 Å². The summed E-state index contributed by atoms with van der Waals surface area (Å²) in [7, 11) is 0. The van der Waals surface area contributed by atoms with Crippen LogP contribution in [0.2, 0.25) is 0 Å². The van der Waals surface area contributed by atoms with Crippen LogP contribution >= 0.6 is 0 Å². The van der Waals surface area contributed by atoms with Crippen LogP contribution in [-0.2, 0) is 6.42 Å². The number of aryl methyl sites for hydroxylation is 1. The third-order valence-corrected chi connectivity index (χ3v) is 6.17. The molecule has 4 N–H and O–H groups in total. The van der Waals surface area contributed by atoms with E-state index in [2.05, 4.69) is 22.0 Å². The Morgan fingerprint density at radius 1 is 1.26 bits per heavy atom. The van der Waals surface area contributed by atoms with Crippen LogP contribution < -0.4 is 16.2 Å². The second-order valence-electron chi connectivity index (χ2n) is 7.69. The number of hydrogen-bond donors (Lipinski definition) is 3. The van der Waals surface area contributed by atoms with Gasteiger partial charge in [0.15, 0.2) is 0 Å². The number of nitrogens with zero attached hydrogens (tertiary/aromatic N) is 1. The highest BCUT2D eigenvalue weighted by Crippen LogP contribution is 2.39. The third-order valence-electron chi connectivity index (χ3n) is 6.17. The molecule has 3 atom stereocenters. The van der Waals surface area contributed by atoms with Gasteiger partial charge in [0.25, 0.3) is 5.56 Å². The molecule has 2 fully saturated rings. The lowest BCUT2D eigenvalue weighted by Crippen LogP contribution is -2.30. The molecule has 1 saturated heterocycles. The molecule has 142 valence electrons. The summed E-state index contributed by atoms with van der Waals surface area (Å²) in [5, 5.41) is 9.16. The standard InChI is InChI=1S/C21H25N3O3/c1-2-12-9-16(21(26)27)20(25)23-19(12)13-3-6-15(7-4-13)24-10-14-5-8-18(22)17(14)11-24/h3-4,6-7,9,14,17-18H,2,5,8,10-11,22H2,1H3,(H,23,25)(H,26,27)/t14-,17?,18-/m1/s1. The molecule has 1 aliphatic carbocycles. The first-order valence-electron chi connectivity index (χ1n) is 9.58. The second kappa shape index (κ2) is 6.85. The van der Waals surface area contributed by atoms with Crippen LogP contribution in [0.5, 0.6) is 0 Å². The number of anilines is 1. The third kappa shape index (κ3) is 3.14. The molecule has 1 aromatic carbocycles. The number of H-pyrrole nitrogens is 1. The lowest BCUT2D eigenvalue weighted by molar-refractivity contribution is 0.0695. The molecule has 1 aromatic heterocycles. The first-order chi connectivity index (χ1) is 13.0. The number of carboxylic acids is 1. The lowest BCUT2D eigenvalue weighted by atomic mass is 9.98. The Labute approximate surface area is 158 Å². The van der Waals surface area contributed by atoms with Gasteiger partial charge in [0, 0.05) is 24.8 Å². The summed E-state index contributed by atoms with van der Waals surface area (Å²) in [4.78, 5) is 28.4. The molecule has 0 bridgehead atoms. The molecule has 6 heteroatoms. The molecule has 2 aromatic rings. The Morgan fingerprint density at radius 2 is 2.00 bits per heavy atom. The molecule has 1 aliphatic heterocycles. The van der Waals surface area contributed by atoms with Gasteiger partial charge in [-0.15, -0.1) is 0 Å². The van der Waals surface area contributed by atoms with Crippen molar-refractivity contribution in [2.75, 3.05) is 18.0 Å². The topological polar surface area (TPSA) is 99.4 Å². The van der Waals surface area contributed by atoms with Gasteiger partial charge in [0.1, 0.15) is 5.56 Å². The van der Waals surface area contributed by atoms with Crippen molar-refractivity contribution in [1.82, 2.24) is 4.98 Å². The Kier molecular flexibility index (Phi) is 4.52. The highest BCUT2D eigenvalue weighted by molar-refractivity contribution is 5.88. The molecular formula is C21H25N3O3. The van der Waals surface area contributed by atoms with Gasteiger partial charge in [-0.05, 0) is 60.4 Å². The van der Waals surface area contributed by atoms with Gasteiger partial charge in [-0.2, -0.15) is 0 Å². The Morgan fingerprint density at radius 3 is 2.63 bits per heavy atom. The summed E-state index contributed by atoms with van der Waals surface area (Å²) in [5.74, 6) is 0.0909. The first-order valence-corrected chi connectivity index (χ1v) is 9.58. The molecule has 0 amide bonds. The maximum atomic E-state index is 12.1. The number of pyridine rings is 1. The fourth-order valence-corrected chi connectivity index (χ4v) is 4.63. The number of aromatic nitrogens is 1. The van der Waals surface area contributed by atoms with Crippen LogP contribution in [0.25, 0.3) is 11.3 Å². The van der Waals surface area contributed by atoms with E-state index in [0.717, 1.165) is 30.6 Å². The van der Waals surface area contributed by atoms with Crippen LogP contribution in [0.4, 0.5) is 5.69 Å². The number of nitrogens with two attached hydrogens (primary N) is 1. The number of aromatic amines is 1. The van der Waals surface area contributed by atoms with Crippen molar-refractivity contribution in [2.24, 2.45) is 17.6 Å². The molecule has 0 spiro atoms. The van der Waals surface area contributed by atoms with E-state index in [-0.39, 0.29) is 5.56 Å². The smallest absolute Gasteiger partial charge is 0.341 e. The van der Waals surface area contributed by atoms with E-state index in [1.807, 2.05) is 19.1 Å². The van der Waals surface area contributed by atoms with E-state index in [1.165, 1.54) is 18.2 Å². The van der Waals surface area contributed by atoms with Crippen molar-refractivity contribution < 1.29 is 9.90 Å². The van der Waals surface area contributed by atoms with Gasteiger partial charge in [-0.3, -0.25) is 4.79 Å². The van der Waals surface area contributed by atoms with Crippen molar-refractivity contribution in [3.8, 4) is 11.3 Å². The fraction of sp³-hybridized carbons (Fsp3) is 0.429. The Bertz CT molecular complexity index is 919. The Balaban J connectivity index is 1.61. The van der Waals surface area contributed by atoms with Gasteiger partial charge < -0.3 is 20.7 Å². The summed E-state index contributed by atoms with van der Waals surface area (Å²) < 4.78 is 0. The number of fused-ring (bicyclic) bond motifs is 1. The first kappa shape index (κ1) is 17.8. The van der Waals surface area contributed by atoms with Crippen LogP contribution in [0.1, 0.15) is 35.7 Å². The zero-order valence-corrected chi connectivity index (χ0v) is 15.4. The van der Waals surface area contributed by atoms with Crippen molar-refractivity contribution >= 4 is 11.7 Å². The molecular weight excluding hydrogens is 342 g/mol. The molecule has 1 saturated carbocycles. The van der Waals surface area contributed by atoms with E-state index in [1.54, 1.807) is 0 Å². The SMILES string of the molecule is CCc1cc(C(=O)O)c(=O)[nH]c1-c1ccc(N2CC3[C@H](CC[C@H]3N)C2)cc1. The average molecular weight is 367 g/mol. The number of benzene rings is 1. The average Bonchev–Trinajstić information content (AvgIpc) is 3.23. The van der Waals surface area contributed by atoms with Crippen LogP contribution in [0, 0.1) is 11.8 Å².